The second-order valence-corrected chi connectivity index (χ2v) is 8.01. The molecular formula is C23H37N3O3. The Balaban J connectivity index is 2.12. The van der Waals surface area contributed by atoms with Gasteiger partial charge in [-0.2, -0.15) is 0 Å². The molecule has 1 saturated heterocycles. The van der Waals surface area contributed by atoms with E-state index in [-0.39, 0.29) is 11.8 Å². The number of nitrogens with zero attached hydrogens (tertiary/aromatic N) is 1. The van der Waals surface area contributed by atoms with Crippen LogP contribution in [0, 0.1) is 5.92 Å². The largest absolute Gasteiger partial charge is 0.385 e. The summed E-state index contributed by atoms with van der Waals surface area (Å²) in [5.41, 5.74) is 2.26. The van der Waals surface area contributed by atoms with Gasteiger partial charge in [0.25, 0.3) is 5.91 Å². The van der Waals surface area contributed by atoms with Gasteiger partial charge in [0.15, 0.2) is 0 Å². The fourth-order valence-electron chi connectivity index (χ4n) is 3.59. The highest BCUT2D eigenvalue weighted by Crippen LogP contribution is 2.29. The molecule has 0 aromatic heterocycles. The van der Waals surface area contributed by atoms with Crippen LogP contribution in [-0.4, -0.2) is 45.2 Å². The number of methoxy groups -OCH3 is 1. The Morgan fingerprint density at radius 1 is 1.17 bits per heavy atom. The third-order valence-corrected chi connectivity index (χ3v) is 5.47. The van der Waals surface area contributed by atoms with Gasteiger partial charge in [-0.3, -0.25) is 9.59 Å². The first-order valence-corrected chi connectivity index (χ1v) is 11.0. The first kappa shape index (κ1) is 23.2. The molecule has 6 nitrogen and oxygen atoms in total. The summed E-state index contributed by atoms with van der Waals surface area (Å²) in [5, 5.41) is 5.94. The summed E-state index contributed by atoms with van der Waals surface area (Å²) in [6.45, 7) is 7.48. The molecular weight excluding hydrogens is 366 g/mol. The van der Waals surface area contributed by atoms with E-state index in [1.807, 2.05) is 18.2 Å². The Morgan fingerprint density at radius 2 is 1.93 bits per heavy atom. The summed E-state index contributed by atoms with van der Waals surface area (Å²) < 4.78 is 5.05. The fourth-order valence-corrected chi connectivity index (χ4v) is 3.59. The normalized spacial score (nSPS) is 14.7. The lowest BCUT2D eigenvalue weighted by molar-refractivity contribution is -0.116. The zero-order valence-corrected chi connectivity index (χ0v) is 18.3. The average molecular weight is 404 g/mol. The number of ether oxygens (including phenoxy) is 1. The van der Waals surface area contributed by atoms with Crippen LogP contribution in [0.25, 0.3) is 0 Å². The predicted molar refractivity (Wildman–Crippen MR) is 119 cm³/mol. The van der Waals surface area contributed by atoms with Gasteiger partial charge in [0, 0.05) is 51.1 Å². The van der Waals surface area contributed by atoms with Crippen molar-refractivity contribution >= 4 is 23.2 Å². The maximum Gasteiger partial charge on any atom is 0.253 e. The molecule has 1 aromatic rings. The molecule has 0 aliphatic carbocycles. The van der Waals surface area contributed by atoms with E-state index < -0.39 is 0 Å². The first-order chi connectivity index (χ1) is 14.0. The molecule has 29 heavy (non-hydrogen) atoms. The summed E-state index contributed by atoms with van der Waals surface area (Å²) in [4.78, 5) is 27.4. The van der Waals surface area contributed by atoms with E-state index in [0.29, 0.717) is 30.8 Å². The van der Waals surface area contributed by atoms with Crippen molar-refractivity contribution < 1.29 is 14.3 Å². The van der Waals surface area contributed by atoms with Gasteiger partial charge in [-0.25, -0.2) is 0 Å². The van der Waals surface area contributed by atoms with Crippen LogP contribution in [0.4, 0.5) is 11.4 Å². The Labute approximate surface area is 175 Å². The first-order valence-electron chi connectivity index (χ1n) is 11.0. The van der Waals surface area contributed by atoms with E-state index in [1.165, 1.54) is 0 Å². The van der Waals surface area contributed by atoms with Gasteiger partial charge >= 0.3 is 0 Å². The number of carbonyl (C=O) groups is 2. The van der Waals surface area contributed by atoms with Crippen LogP contribution in [0.5, 0.6) is 0 Å². The van der Waals surface area contributed by atoms with Crippen molar-refractivity contribution in [2.24, 2.45) is 5.92 Å². The fraction of sp³-hybridized carbons (Fsp3) is 0.652. The molecule has 2 amide bonds. The highest BCUT2D eigenvalue weighted by Gasteiger charge is 2.21. The molecule has 0 saturated carbocycles. The molecule has 1 fully saturated rings. The van der Waals surface area contributed by atoms with Crippen molar-refractivity contribution in [2.45, 2.75) is 58.8 Å². The zero-order chi connectivity index (χ0) is 21.1. The summed E-state index contributed by atoms with van der Waals surface area (Å²) in [7, 11) is 1.66. The number of hydrogen-bond acceptors (Lipinski definition) is 4. The Morgan fingerprint density at radius 3 is 2.62 bits per heavy atom. The lowest BCUT2D eigenvalue weighted by atomic mass is 9.97. The minimum Gasteiger partial charge on any atom is -0.385 e. The highest BCUT2D eigenvalue weighted by molar-refractivity contribution is 6.02. The highest BCUT2D eigenvalue weighted by atomic mass is 16.5. The number of hydrogen-bond donors (Lipinski definition) is 2. The van der Waals surface area contributed by atoms with Crippen LogP contribution in [-0.2, 0) is 9.53 Å². The Hall–Kier alpha value is -2.08. The second kappa shape index (κ2) is 12.5. The number of rotatable bonds is 11. The number of nitrogens with one attached hydrogen (secondary N) is 2. The van der Waals surface area contributed by atoms with Gasteiger partial charge < -0.3 is 20.3 Å². The third-order valence-electron chi connectivity index (χ3n) is 5.47. The molecule has 1 heterocycles. The van der Waals surface area contributed by atoms with E-state index in [4.69, 9.17) is 4.74 Å². The van der Waals surface area contributed by atoms with E-state index >= 15 is 0 Å². The summed E-state index contributed by atoms with van der Waals surface area (Å²) in [6.07, 6.45) is 6.57. The molecule has 0 spiro atoms. The lowest BCUT2D eigenvalue weighted by Gasteiger charge is -2.33. The van der Waals surface area contributed by atoms with Crippen molar-refractivity contribution in [1.29, 1.82) is 0 Å². The molecule has 2 N–H and O–H groups in total. The molecule has 0 radical (unpaired) electrons. The van der Waals surface area contributed by atoms with Gasteiger partial charge in [-0.15, -0.1) is 0 Å². The van der Waals surface area contributed by atoms with Gasteiger partial charge in [0.1, 0.15) is 0 Å². The second-order valence-electron chi connectivity index (χ2n) is 8.01. The summed E-state index contributed by atoms with van der Waals surface area (Å²) >= 11 is 0. The maximum atomic E-state index is 12.9. The van der Waals surface area contributed by atoms with Crippen LogP contribution in [0.15, 0.2) is 18.2 Å². The van der Waals surface area contributed by atoms with Crippen molar-refractivity contribution in [3.63, 3.8) is 0 Å². The number of benzene rings is 1. The molecule has 0 atom stereocenters. The molecule has 1 aromatic carbocycles. The van der Waals surface area contributed by atoms with Crippen molar-refractivity contribution in [3.8, 4) is 0 Å². The van der Waals surface area contributed by atoms with E-state index in [2.05, 4.69) is 29.4 Å². The smallest absolute Gasteiger partial charge is 0.253 e. The van der Waals surface area contributed by atoms with Gasteiger partial charge in [-0.1, -0.05) is 26.7 Å². The Kier molecular flexibility index (Phi) is 9.98. The lowest BCUT2D eigenvalue weighted by Crippen LogP contribution is -2.35. The molecule has 162 valence electrons. The predicted octanol–water partition coefficient (Wildman–Crippen LogP) is 4.21. The number of unbranched alkanes of at least 4 members (excludes halogenated alkanes) is 2. The average Bonchev–Trinajstić information content (AvgIpc) is 2.72. The topological polar surface area (TPSA) is 70.7 Å². The molecule has 1 aliphatic heterocycles. The van der Waals surface area contributed by atoms with Crippen LogP contribution < -0.4 is 15.5 Å². The van der Waals surface area contributed by atoms with Crippen LogP contribution >= 0.6 is 0 Å². The minimum atomic E-state index is -0.100. The van der Waals surface area contributed by atoms with Crippen molar-refractivity contribution in [3.05, 3.63) is 23.8 Å². The van der Waals surface area contributed by atoms with Crippen LogP contribution in [0.2, 0.25) is 0 Å². The zero-order valence-electron chi connectivity index (χ0n) is 18.3. The molecule has 0 bridgehead atoms. The number of piperidine rings is 1. The Bertz CT molecular complexity index is 655. The molecule has 0 unspecified atom stereocenters. The molecule has 2 rings (SSSR count). The van der Waals surface area contributed by atoms with E-state index in [0.717, 1.165) is 63.2 Å². The number of anilines is 2. The van der Waals surface area contributed by atoms with Crippen LogP contribution in [0.1, 0.15) is 69.2 Å². The van der Waals surface area contributed by atoms with Gasteiger partial charge in [0.2, 0.25) is 5.91 Å². The van der Waals surface area contributed by atoms with E-state index in [9.17, 15) is 9.59 Å². The maximum absolute atomic E-state index is 12.9. The number of carbonyl (C=O) groups excluding carboxylic acids is 2. The van der Waals surface area contributed by atoms with Crippen molar-refractivity contribution in [2.75, 3.05) is 43.6 Å². The molecule has 6 heteroatoms. The number of amides is 2. The van der Waals surface area contributed by atoms with Gasteiger partial charge in [0.05, 0.1) is 5.56 Å². The molecule has 1 aliphatic rings. The van der Waals surface area contributed by atoms with E-state index in [1.54, 1.807) is 7.11 Å². The quantitative estimate of drug-likeness (QED) is 0.543. The van der Waals surface area contributed by atoms with Crippen molar-refractivity contribution in [1.82, 2.24) is 5.32 Å². The third kappa shape index (κ3) is 7.69. The summed E-state index contributed by atoms with van der Waals surface area (Å²) in [5.74, 6) is 0.625. The van der Waals surface area contributed by atoms with Crippen LogP contribution in [0.3, 0.4) is 0 Å². The monoisotopic (exact) mass is 403 g/mol. The minimum absolute atomic E-state index is 0.00412. The summed E-state index contributed by atoms with van der Waals surface area (Å²) in [6, 6.07) is 5.70. The SMILES string of the molecule is CCCCCC(=O)Nc1ccc(N2CCC(C)CC2)c(C(=O)NCCCOC)c1. The van der Waals surface area contributed by atoms with Gasteiger partial charge in [-0.05, 0) is 49.8 Å². The standard InChI is InChI=1S/C23H37N3O3/c1-4-5-6-8-22(27)25-19-9-10-21(26-14-11-18(2)12-15-26)20(17-19)23(28)24-13-7-16-29-3/h9-10,17-18H,4-8,11-16H2,1-3H3,(H,24,28)(H,25,27).